The smallest absolute Gasteiger partial charge is 0.410 e. The minimum absolute atomic E-state index is 0.0325. The molecule has 0 unspecified atom stereocenters. The standard InChI is InChI=1S/C26H36N4O6S/c1-26(2,3)36-25(33)29-10-8-18(9-11-29)17-27-23(31)20-16-19-6-5-7-21-22(19)30(24(20)32)13-12-28(21)14-15-37(4,34)35/h5-7,16,18H,8-15,17H2,1-4H3,(H,27,31). The Labute approximate surface area is 217 Å². The Morgan fingerprint density at radius 3 is 2.46 bits per heavy atom. The fraction of sp³-hybridized carbons (Fsp3) is 0.577. The quantitative estimate of drug-likeness (QED) is 0.606. The molecule has 202 valence electrons. The third-order valence-electron chi connectivity index (χ3n) is 6.82. The summed E-state index contributed by atoms with van der Waals surface area (Å²) in [5, 5.41) is 3.68. The number of piperidine rings is 1. The van der Waals surface area contributed by atoms with Crippen LogP contribution in [0.15, 0.2) is 29.1 Å². The van der Waals surface area contributed by atoms with Crippen molar-refractivity contribution in [3.05, 3.63) is 40.2 Å². The van der Waals surface area contributed by atoms with Crippen molar-refractivity contribution in [3.8, 4) is 0 Å². The molecule has 1 saturated heterocycles. The van der Waals surface area contributed by atoms with Gasteiger partial charge in [0.15, 0.2) is 0 Å². The topological polar surface area (TPSA) is 118 Å². The first-order valence-corrected chi connectivity index (χ1v) is 14.7. The number of anilines is 1. The van der Waals surface area contributed by atoms with E-state index in [9.17, 15) is 22.8 Å². The maximum absolute atomic E-state index is 13.3. The van der Waals surface area contributed by atoms with Gasteiger partial charge in [0.25, 0.3) is 11.5 Å². The molecule has 0 radical (unpaired) electrons. The summed E-state index contributed by atoms with van der Waals surface area (Å²) in [7, 11) is -3.12. The number of sulfone groups is 1. The third kappa shape index (κ3) is 6.44. The van der Waals surface area contributed by atoms with E-state index in [-0.39, 0.29) is 28.9 Å². The fourth-order valence-electron chi connectivity index (χ4n) is 4.88. The highest BCUT2D eigenvalue weighted by atomic mass is 32.2. The van der Waals surface area contributed by atoms with Crippen molar-refractivity contribution < 1.29 is 22.7 Å². The summed E-state index contributed by atoms with van der Waals surface area (Å²) in [6.07, 6.45) is 2.38. The van der Waals surface area contributed by atoms with E-state index in [4.69, 9.17) is 4.74 Å². The number of carbonyl (C=O) groups excluding carboxylic acids is 2. The lowest BCUT2D eigenvalue weighted by atomic mass is 9.97. The molecule has 37 heavy (non-hydrogen) atoms. The molecule has 1 N–H and O–H groups in total. The molecule has 2 aliphatic heterocycles. The van der Waals surface area contributed by atoms with Gasteiger partial charge >= 0.3 is 6.09 Å². The molecule has 0 saturated carbocycles. The van der Waals surface area contributed by atoms with Crippen LogP contribution in [0.1, 0.15) is 44.0 Å². The van der Waals surface area contributed by atoms with Crippen molar-refractivity contribution >= 4 is 38.4 Å². The minimum atomic E-state index is -3.12. The second-order valence-electron chi connectivity index (χ2n) is 11.0. The average Bonchev–Trinajstić information content (AvgIpc) is 2.82. The predicted octanol–water partition coefficient (Wildman–Crippen LogP) is 2.24. The Balaban J connectivity index is 1.43. The summed E-state index contributed by atoms with van der Waals surface area (Å²) in [5.74, 6) is -0.167. The molecule has 4 rings (SSSR count). The molecule has 0 spiro atoms. The van der Waals surface area contributed by atoms with Crippen molar-refractivity contribution in [2.45, 2.75) is 45.8 Å². The summed E-state index contributed by atoms with van der Waals surface area (Å²) < 4.78 is 30.4. The summed E-state index contributed by atoms with van der Waals surface area (Å²) in [5.41, 5.74) is 0.733. The Morgan fingerprint density at radius 2 is 1.81 bits per heavy atom. The van der Waals surface area contributed by atoms with Crippen molar-refractivity contribution in [2.24, 2.45) is 5.92 Å². The SMILES string of the molecule is CC(C)(C)OC(=O)N1CCC(CNC(=O)c2cc3cccc4c3n(c2=O)CCN4CCS(C)(=O)=O)CC1. The Bertz CT molecular complexity index is 1350. The van der Waals surface area contributed by atoms with Crippen LogP contribution in [0.25, 0.3) is 10.9 Å². The number of aromatic nitrogens is 1. The number of ether oxygens (including phenoxy) is 1. The van der Waals surface area contributed by atoms with Gasteiger partial charge < -0.3 is 24.4 Å². The van der Waals surface area contributed by atoms with Crippen LogP contribution in [-0.2, 0) is 21.1 Å². The number of amides is 2. The van der Waals surface area contributed by atoms with Gasteiger partial charge in [0.1, 0.15) is 21.0 Å². The summed E-state index contributed by atoms with van der Waals surface area (Å²) >= 11 is 0. The summed E-state index contributed by atoms with van der Waals surface area (Å²) in [6, 6.07) is 7.21. The number of carbonyl (C=O) groups is 2. The molecule has 2 amide bonds. The van der Waals surface area contributed by atoms with E-state index < -0.39 is 21.3 Å². The summed E-state index contributed by atoms with van der Waals surface area (Å²) in [6.45, 7) is 8.29. The second kappa shape index (κ2) is 10.4. The van der Waals surface area contributed by atoms with Crippen LogP contribution < -0.4 is 15.8 Å². The molecule has 0 aliphatic carbocycles. The van der Waals surface area contributed by atoms with Crippen molar-refractivity contribution in [1.29, 1.82) is 0 Å². The van der Waals surface area contributed by atoms with Gasteiger partial charge in [0, 0.05) is 50.9 Å². The molecular formula is C26H36N4O6S. The van der Waals surface area contributed by atoms with Crippen LogP contribution in [0.2, 0.25) is 0 Å². The number of para-hydroxylation sites is 1. The zero-order chi connectivity index (χ0) is 27.0. The monoisotopic (exact) mass is 532 g/mol. The first-order valence-electron chi connectivity index (χ1n) is 12.7. The van der Waals surface area contributed by atoms with E-state index in [1.165, 1.54) is 6.26 Å². The lowest BCUT2D eigenvalue weighted by Crippen LogP contribution is -2.44. The third-order valence-corrected chi connectivity index (χ3v) is 7.74. The van der Waals surface area contributed by atoms with E-state index in [2.05, 4.69) is 5.32 Å². The van der Waals surface area contributed by atoms with E-state index >= 15 is 0 Å². The number of nitrogens with zero attached hydrogens (tertiary/aromatic N) is 3. The number of likely N-dealkylation sites (tertiary alicyclic amines) is 1. The van der Waals surface area contributed by atoms with Gasteiger partial charge in [0.05, 0.1) is 17.0 Å². The number of hydrogen-bond acceptors (Lipinski definition) is 7. The van der Waals surface area contributed by atoms with E-state index in [0.717, 1.165) is 29.4 Å². The van der Waals surface area contributed by atoms with Gasteiger partial charge in [-0.05, 0) is 51.7 Å². The Morgan fingerprint density at radius 1 is 1.11 bits per heavy atom. The largest absolute Gasteiger partial charge is 0.444 e. The number of benzene rings is 1. The van der Waals surface area contributed by atoms with Crippen LogP contribution in [-0.4, -0.2) is 80.2 Å². The molecule has 0 atom stereocenters. The van der Waals surface area contributed by atoms with Crippen molar-refractivity contribution in [3.63, 3.8) is 0 Å². The average molecular weight is 533 g/mol. The number of pyridine rings is 1. The van der Waals surface area contributed by atoms with Gasteiger partial charge in [-0.25, -0.2) is 13.2 Å². The molecule has 1 aromatic heterocycles. The van der Waals surface area contributed by atoms with E-state index in [1.54, 1.807) is 15.5 Å². The highest BCUT2D eigenvalue weighted by molar-refractivity contribution is 7.90. The maximum Gasteiger partial charge on any atom is 0.410 e. The first kappa shape index (κ1) is 27.0. The molecule has 1 fully saturated rings. The summed E-state index contributed by atoms with van der Waals surface area (Å²) in [4.78, 5) is 42.3. The molecule has 2 aromatic rings. The molecule has 10 nitrogen and oxygen atoms in total. The van der Waals surface area contributed by atoms with E-state index in [1.807, 2.05) is 43.9 Å². The second-order valence-corrected chi connectivity index (χ2v) is 13.2. The zero-order valence-corrected chi connectivity index (χ0v) is 22.8. The Kier molecular flexibility index (Phi) is 7.55. The van der Waals surface area contributed by atoms with Gasteiger partial charge in [-0.15, -0.1) is 0 Å². The van der Waals surface area contributed by atoms with Crippen LogP contribution in [0.5, 0.6) is 0 Å². The molecule has 3 heterocycles. The van der Waals surface area contributed by atoms with Gasteiger partial charge in [-0.2, -0.15) is 0 Å². The lowest BCUT2D eigenvalue weighted by molar-refractivity contribution is 0.0183. The van der Waals surface area contributed by atoms with Crippen molar-refractivity contribution in [2.75, 3.05) is 49.6 Å². The van der Waals surface area contributed by atoms with Gasteiger partial charge in [-0.3, -0.25) is 9.59 Å². The van der Waals surface area contributed by atoms with E-state index in [0.29, 0.717) is 39.3 Å². The molecule has 11 heteroatoms. The first-order chi connectivity index (χ1) is 17.3. The minimum Gasteiger partial charge on any atom is -0.444 e. The van der Waals surface area contributed by atoms with Crippen LogP contribution in [0.4, 0.5) is 10.5 Å². The van der Waals surface area contributed by atoms with Crippen LogP contribution in [0, 0.1) is 5.92 Å². The predicted molar refractivity (Wildman–Crippen MR) is 143 cm³/mol. The molecule has 1 aromatic carbocycles. The lowest BCUT2D eigenvalue weighted by Gasteiger charge is -2.33. The van der Waals surface area contributed by atoms with Crippen LogP contribution in [0.3, 0.4) is 0 Å². The van der Waals surface area contributed by atoms with Gasteiger partial charge in [-0.1, -0.05) is 12.1 Å². The number of hydrogen-bond donors (Lipinski definition) is 1. The van der Waals surface area contributed by atoms with Gasteiger partial charge in [0.2, 0.25) is 0 Å². The molecule has 2 aliphatic rings. The highest BCUT2D eigenvalue weighted by Crippen LogP contribution is 2.29. The van der Waals surface area contributed by atoms with Crippen LogP contribution >= 0.6 is 0 Å². The fourth-order valence-corrected chi connectivity index (χ4v) is 5.43. The molecular weight excluding hydrogens is 496 g/mol. The Hall–Kier alpha value is -3.08. The normalized spacial score (nSPS) is 16.6. The number of nitrogens with one attached hydrogen (secondary N) is 1. The number of rotatable bonds is 6. The van der Waals surface area contributed by atoms with Crippen molar-refractivity contribution in [1.82, 2.24) is 14.8 Å². The molecule has 0 bridgehead atoms. The highest BCUT2D eigenvalue weighted by Gasteiger charge is 2.28. The zero-order valence-electron chi connectivity index (χ0n) is 22.0. The maximum atomic E-state index is 13.3.